The number of hydrogen-bond acceptors (Lipinski definition) is 2. The number of nitrogens with zero attached hydrogens (tertiary/aromatic N) is 1. The van der Waals surface area contributed by atoms with Gasteiger partial charge in [0.15, 0.2) is 6.61 Å². The largest absolute Gasteiger partial charge is 0.484 e. The SMILES string of the molecule is Cc1cc(OCC(=O)N2CC(C)CC(C)C2)ccc1Cl. The highest BCUT2D eigenvalue weighted by Crippen LogP contribution is 2.23. The molecule has 1 heterocycles. The normalized spacial score (nSPS) is 22.7. The summed E-state index contributed by atoms with van der Waals surface area (Å²) in [5.74, 6) is 1.90. The summed E-state index contributed by atoms with van der Waals surface area (Å²) in [7, 11) is 0. The Kier molecular flexibility index (Phi) is 4.92. The van der Waals surface area contributed by atoms with Crippen LogP contribution in [-0.4, -0.2) is 30.5 Å². The highest BCUT2D eigenvalue weighted by molar-refractivity contribution is 6.31. The molecule has 0 N–H and O–H groups in total. The number of aryl methyl sites for hydroxylation is 1. The van der Waals surface area contributed by atoms with Gasteiger partial charge in [0.05, 0.1) is 0 Å². The molecule has 1 saturated heterocycles. The molecule has 0 aromatic heterocycles. The summed E-state index contributed by atoms with van der Waals surface area (Å²) in [5.41, 5.74) is 0.955. The average molecular weight is 296 g/mol. The quantitative estimate of drug-likeness (QED) is 0.854. The summed E-state index contributed by atoms with van der Waals surface area (Å²) >= 11 is 5.97. The lowest BCUT2D eigenvalue weighted by molar-refractivity contribution is -0.136. The van der Waals surface area contributed by atoms with Gasteiger partial charge in [-0.3, -0.25) is 4.79 Å². The number of carbonyl (C=O) groups is 1. The van der Waals surface area contributed by atoms with Crippen LogP contribution < -0.4 is 4.74 Å². The summed E-state index contributed by atoms with van der Waals surface area (Å²) in [6, 6.07) is 5.45. The van der Waals surface area contributed by atoms with E-state index in [0.717, 1.165) is 18.7 Å². The highest BCUT2D eigenvalue weighted by atomic mass is 35.5. The van der Waals surface area contributed by atoms with Crippen molar-refractivity contribution in [1.29, 1.82) is 0 Å². The van der Waals surface area contributed by atoms with Crippen LogP contribution in [0.5, 0.6) is 5.75 Å². The molecule has 0 spiro atoms. The van der Waals surface area contributed by atoms with E-state index in [1.54, 1.807) is 12.1 Å². The minimum Gasteiger partial charge on any atom is -0.484 e. The van der Waals surface area contributed by atoms with Crippen LogP contribution in [0.15, 0.2) is 18.2 Å². The number of halogens is 1. The molecule has 2 atom stereocenters. The first-order chi connectivity index (χ1) is 9.45. The number of carbonyl (C=O) groups excluding carboxylic acids is 1. The molecule has 1 fully saturated rings. The second kappa shape index (κ2) is 6.49. The maximum absolute atomic E-state index is 12.2. The van der Waals surface area contributed by atoms with Crippen molar-refractivity contribution in [3.8, 4) is 5.75 Å². The van der Waals surface area contributed by atoms with Crippen molar-refractivity contribution in [2.24, 2.45) is 11.8 Å². The molecule has 0 bridgehead atoms. The minimum atomic E-state index is 0.0657. The topological polar surface area (TPSA) is 29.5 Å². The van der Waals surface area contributed by atoms with Crippen molar-refractivity contribution < 1.29 is 9.53 Å². The molecule has 20 heavy (non-hydrogen) atoms. The van der Waals surface area contributed by atoms with Crippen LogP contribution in [-0.2, 0) is 4.79 Å². The van der Waals surface area contributed by atoms with Gasteiger partial charge >= 0.3 is 0 Å². The van der Waals surface area contributed by atoms with Gasteiger partial charge in [-0.1, -0.05) is 25.4 Å². The monoisotopic (exact) mass is 295 g/mol. The number of hydrogen-bond donors (Lipinski definition) is 0. The zero-order chi connectivity index (χ0) is 14.7. The van der Waals surface area contributed by atoms with E-state index in [4.69, 9.17) is 16.3 Å². The summed E-state index contributed by atoms with van der Waals surface area (Å²) in [5, 5.41) is 0.711. The van der Waals surface area contributed by atoms with Crippen LogP contribution in [0.2, 0.25) is 5.02 Å². The van der Waals surface area contributed by atoms with Crippen LogP contribution in [0.3, 0.4) is 0 Å². The first kappa shape index (κ1) is 15.2. The van der Waals surface area contributed by atoms with Crippen LogP contribution >= 0.6 is 11.6 Å². The van der Waals surface area contributed by atoms with Crippen molar-refractivity contribution in [3.05, 3.63) is 28.8 Å². The van der Waals surface area contributed by atoms with Gasteiger partial charge < -0.3 is 9.64 Å². The molecule has 0 radical (unpaired) electrons. The van der Waals surface area contributed by atoms with Crippen molar-refractivity contribution in [2.45, 2.75) is 27.2 Å². The van der Waals surface area contributed by atoms with E-state index in [1.807, 2.05) is 17.9 Å². The van der Waals surface area contributed by atoms with Gasteiger partial charge in [-0.05, 0) is 48.9 Å². The number of likely N-dealkylation sites (tertiary alicyclic amines) is 1. The Morgan fingerprint density at radius 3 is 2.60 bits per heavy atom. The second-order valence-corrected chi connectivity index (χ2v) is 6.35. The predicted molar refractivity (Wildman–Crippen MR) is 81.2 cm³/mol. The van der Waals surface area contributed by atoms with Crippen molar-refractivity contribution >= 4 is 17.5 Å². The molecule has 1 aromatic carbocycles. The molecule has 1 aliphatic rings. The van der Waals surface area contributed by atoms with E-state index in [2.05, 4.69) is 13.8 Å². The fourth-order valence-corrected chi connectivity index (χ4v) is 2.93. The number of rotatable bonds is 3. The smallest absolute Gasteiger partial charge is 0.260 e. The van der Waals surface area contributed by atoms with Gasteiger partial charge in [-0.2, -0.15) is 0 Å². The third kappa shape index (κ3) is 3.89. The first-order valence-corrected chi connectivity index (χ1v) is 7.50. The number of benzene rings is 1. The maximum atomic E-state index is 12.2. The van der Waals surface area contributed by atoms with Gasteiger partial charge in [0, 0.05) is 18.1 Å². The standard InChI is InChI=1S/C16H22ClNO2/c1-11-6-12(2)9-18(8-11)16(19)10-20-14-4-5-15(17)13(3)7-14/h4-5,7,11-12H,6,8-10H2,1-3H3. The zero-order valence-corrected chi connectivity index (χ0v) is 13.1. The van der Waals surface area contributed by atoms with Crippen LogP contribution in [0, 0.1) is 18.8 Å². The lowest BCUT2D eigenvalue weighted by Crippen LogP contribution is -2.44. The Morgan fingerprint density at radius 1 is 1.35 bits per heavy atom. The summed E-state index contributed by atoms with van der Waals surface area (Å²) in [6.45, 7) is 8.09. The highest BCUT2D eigenvalue weighted by Gasteiger charge is 2.25. The molecular formula is C16H22ClNO2. The average Bonchev–Trinajstić information content (AvgIpc) is 2.38. The Bertz CT molecular complexity index is 479. The molecule has 110 valence electrons. The van der Waals surface area contributed by atoms with E-state index in [1.165, 1.54) is 6.42 Å². The third-order valence-electron chi connectivity index (χ3n) is 3.71. The number of amides is 1. The van der Waals surface area contributed by atoms with Gasteiger partial charge in [0.1, 0.15) is 5.75 Å². The molecule has 2 rings (SSSR count). The predicted octanol–water partition coefficient (Wildman–Crippen LogP) is 3.53. The van der Waals surface area contributed by atoms with Crippen molar-refractivity contribution in [2.75, 3.05) is 19.7 Å². The Labute approximate surface area is 125 Å². The van der Waals surface area contributed by atoms with E-state index >= 15 is 0 Å². The number of piperidine rings is 1. The van der Waals surface area contributed by atoms with Crippen LogP contribution in [0.25, 0.3) is 0 Å². The summed E-state index contributed by atoms with van der Waals surface area (Å²) in [6.07, 6.45) is 1.20. The Morgan fingerprint density at radius 2 is 2.00 bits per heavy atom. The first-order valence-electron chi connectivity index (χ1n) is 7.12. The minimum absolute atomic E-state index is 0.0657. The lowest BCUT2D eigenvalue weighted by Gasteiger charge is -2.34. The van der Waals surface area contributed by atoms with E-state index in [0.29, 0.717) is 22.6 Å². The van der Waals surface area contributed by atoms with E-state index in [-0.39, 0.29) is 12.5 Å². The zero-order valence-electron chi connectivity index (χ0n) is 12.4. The van der Waals surface area contributed by atoms with E-state index < -0.39 is 0 Å². The Balaban J connectivity index is 1.89. The van der Waals surface area contributed by atoms with Crippen LogP contribution in [0.1, 0.15) is 25.8 Å². The summed E-state index contributed by atoms with van der Waals surface area (Å²) < 4.78 is 5.58. The van der Waals surface area contributed by atoms with Gasteiger partial charge in [0.2, 0.25) is 0 Å². The molecular weight excluding hydrogens is 274 g/mol. The van der Waals surface area contributed by atoms with Crippen molar-refractivity contribution in [1.82, 2.24) is 4.90 Å². The maximum Gasteiger partial charge on any atom is 0.260 e. The molecule has 1 amide bonds. The molecule has 1 aliphatic heterocycles. The molecule has 4 heteroatoms. The molecule has 3 nitrogen and oxygen atoms in total. The second-order valence-electron chi connectivity index (χ2n) is 5.94. The summed E-state index contributed by atoms with van der Waals surface area (Å²) in [4.78, 5) is 14.1. The fourth-order valence-electron chi connectivity index (χ4n) is 2.81. The van der Waals surface area contributed by atoms with Gasteiger partial charge in [-0.25, -0.2) is 0 Å². The van der Waals surface area contributed by atoms with Gasteiger partial charge in [-0.15, -0.1) is 0 Å². The third-order valence-corrected chi connectivity index (χ3v) is 4.14. The molecule has 0 aliphatic carbocycles. The lowest BCUT2D eigenvalue weighted by atomic mass is 9.92. The molecule has 2 unspecified atom stereocenters. The molecule has 0 saturated carbocycles. The van der Waals surface area contributed by atoms with Crippen LogP contribution in [0.4, 0.5) is 0 Å². The Hall–Kier alpha value is -1.22. The van der Waals surface area contributed by atoms with E-state index in [9.17, 15) is 4.79 Å². The van der Waals surface area contributed by atoms with Gasteiger partial charge in [0.25, 0.3) is 5.91 Å². The molecule has 1 aromatic rings. The number of ether oxygens (including phenoxy) is 1. The van der Waals surface area contributed by atoms with Crippen molar-refractivity contribution in [3.63, 3.8) is 0 Å². The fraction of sp³-hybridized carbons (Fsp3) is 0.562.